The molecule has 0 bridgehead atoms. The van der Waals surface area contributed by atoms with Crippen LogP contribution in [0.5, 0.6) is 11.5 Å². The molecule has 0 aliphatic carbocycles. The van der Waals surface area contributed by atoms with E-state index in [4.69, 9.17) is 9.47 Å². The molecule has 31 heavy (non-hydrogen) atoms. The molecule has 2 rings (SSSR count). The second kappa shape index (κ2) is 10.5. The molecule has 0 heterocycles. The van der Waals surface area contributed by atoms with Crippen LogP contribution in [-0.2, 0) is 4.74 Å². The monoisotopic (exact) mass is 426 g/mol. The van der Waals surface area contributed by atoms with Gasteiger partial charge in [0.15, 0.2) is 6.29 Å². The van der Waals surface area contributed by atoms with Crippen molar-refractivity contribution in [1.82, 2.24) is 0 Å². The molecule has 0 aromatic heterocycles. The van der Waals surface area contributed by atoms with Gasteiger partial charge in [0.2, 0.25) is 0 Å². The summed E-state index contributed by atoms with van der Waals surface area (Å²) in [7, 11) is 0. The maximum Gasteiger partial charge on any atom is 0.196 e. The van der Waals surface area contributed by atoms with E-state index >= 15 is 0 Å². The molecular weight excluding hydrogens is 384 g/mol. The molecule has 0 aliphatic heterocycles. The highest BCUT2D eigenvalue weighted by Gasteiger charge is 2.43. The van der Waals surface area contributed by atoms with Crippen LogP contribution in [0.4, 0.5) is 0 Å². The van der Waals surface area contributed by atoms with Gasteiger partial charge in [0.05, 0.1) is 0 Å². The first-order valence-corrected chi connectivity index (χ1v) is 11.7. The van der Waals surface area contributed by atoms with Crippen LogP contribution in [0.1, 0.15) is 91.2 Å². The van der Waals surface area contributed by atoms with Gasteiger partial charge in [-0.25, -0.2) is 0 Å². The van der Waals surface area contributed by atoms with Gasteiger partial charge in [0.25, 0.3) is 0 Å². The average Bonchev–Trinajstić information content (AvgIpc) is 2.70. The number of rotatable bonds is 11. The van der Waals surface area contributed by atoms with Crippen LogP contribution in [0.25, 0.3) is 0 Å². The van der Waals surface area contributed by atoms with Crippen LogP contribution >= 0.6 is 0 Å². The molecule has 172 valence electrons. The Bertz CT molecular complexity index is 790. The molecule has 0 saturated heterocycles. The fraction of sp³-hybridized carbons (Fsp3) is 0.571. The molecule has 0 spiro atoms. The van der Waals surface area contributed by atoms with E-state index in [1.165, 1.54) is 11.1 Å². The molecular formula is C28H42O3. The summed E-state index contributed by atoms with van der Waals surface area (Å²) >= 11 is 0. The Kier molecular flexibility index (Phi) is 8.59. The Morgan fingerprint density at radius 1 is 0.839 bits per heavy atom. The highest BCUT2D eigenvalue weighted by molar-refractivity contribution is 5.31. The normalized spacial score (nSPS) is 15.4. The zero-order valence-electron chi connectivity index (χ0n) is 20.7. The summed E-state index contributed by atoms with van der Waals surface area (Å²) in [5, 5.41) is 9.70. The van der Waals surface area contributed by atoms with Gasteiger partial charge in [-0.15, -0.1) is 0 Å². The van der Waals surface area contributed by atoms with E-state index < -0.39 is 0 Å². The molecule has 0 aliphatic rings. The van der Waals surface area contributed by atoms with Gasteiger partial charge >= 0.3 is 0 Å². The number of hydrogen-bond donors (Lipinski definition) is 1. The smallest absolute Gasteiger partial charge is 0.196 e. The van der Waals surface area contributed by atoms with Crippen LogP contribution in [0.3, 0.4) is 0 Å². The summed E-state index contributed by atoms with van der Waals surface area (Å²) in [6.07, 6.45) is 1.92. The summed E-state index contributed by atoms with van der Waals surface area (Å²) in [6, 6.07) is 16.2. The van der Waals surface area contributed by atoms with E-state index in [1.54, 1.807) is 12.1 Å². The second-order valence-corrected chi connectivity index (χ2v) is 9.97. The van der Waals surface area contributed by atoms with E-state index in [0.717, 1.165) is 18.6 Å². The van der Waals surface area contributed by atoms with Crippen molar-refractivity contribution in [2.24, 2.45) is 10.8 Å². The van der Waals surface area contributed by atoms with Gasteiger partial charge in [-0.2, -0.15) is 0 Å². The molecule has 2 aromatic rings. The summed E-state index contributed by atoms with van der Waals surface area (Å²) in [5.41, 5.74) is 2.83. The van der Waals surface area contributed by atoms with Gasteiger partial charge in [-0.05, 0) is 84.7 Å². The van der Waals surface area contributed by atoms with Crippen LogP contribution in [0, 0.1) is 10.8 Å². The molecule has 1 N–H and O–H groups in total. The van der Waals surface area contributed by atoms with Gasteiger partial charge in [0.1, 0.15) is 11.5 Å². The number of ether oxygens (including phenoxy) is 2. The van der Waals surface area contributed by atoms with Crippen molar-refractivity contribution in [2.45, 2.75) is 86.4 Å². The summed E-state index contributed by atoms with van der Waals surface area (Å²) in [5.74, 6) is 2.03. The first-order valence-electron chi connectivity index (χ1n) is 11.7. The first-order chi connectivity index (χ1) is 14.5. The minimum atomic E-state index is -0.237. The fourth-order valence-corrected chi connectivity index (χ4v) is 4.82. The predicted octanol–water partition coefficient (Wildman–Crippen LogP) is 7.89. The van der Waals surface area contributed by atoms with Gasteiger partial charge in [-0.1, -0.05) is 65.8 Å². The summed E-state index contributed by atoms with van der Waals surface area (Å²) in [6.45, 7) is 18.7. The minimum absolute atomic E-state index is 0.0863. The third-order valence-corrected chi connectivity index (χ3v) is 7.29. The van der Waals surface area contributed by atoms with Crippen LogP contribution in [-0.4, -0.2) is 18.0 Å². The van der Waals surface area contributed by atoms with Gasteiger partial charge < -0.3 is 14.6 Å². The highest BCUT2D eigenvalue weighted by Crippen LogP contribution is 2.54. The van der Waals surface area contributed by atoms with E-state index in [9.17, 15) is 5.11 Å². The molecule has 2 aromatic carbocycles. The quantitative estimate of drug-likeness (QED) is 0.371. The lowest BCUT2D eigenvalue weighted by atomic mass is 9.56. The molecule has 0 fully saturated rings. The SMILES string of the molecule is CCOC(C)Oc1ccc(C(C)CC(C)(C)C(C)(C)C(CC)c2ccc(O)cc2)cc1. The van der Waals surface area contributed by atoms with Crippen LogP contribution in [0.2, 0.25) is 0 Å². The molecule has 3 nitrogen and oxygen atoms in total. The lowest BCUT2D eigenvalue weighted by Gasteiger charge is -2.48. The molecule has 3 unspecified atom stereocenters. The molecule has 0 saturated carbocycles. The third kappa shape index (κ3) is 6.26. The largest absolute Gasteiger partial charge is 0.508 e. The van der Waals surface area contributed by atoms with Crippen molar-refractivity contribution in [3.8, 4) is 11.5 Å². The number of hydrogen-bond acceptors (Lipinski definition) is 3. The zero-order valence-corrected chi connectivity index (χ0v) is 20.7. The predicted molar refractivity (Wildman–Crippen MR) is 130 cm³/mol. The summed E-state index contributed by atoms with van der Waals surface area (Å²) < 4.78 is 11.3. The van der Waals surface area contributed by atoms with Crippen LogP contribution in [0.15, 0.2) is 48.5 Å². The Balaban J connectivity index is 2.14. The first kappa shape index (κ1) is 25.3. The van der Waals surface area contributed by atoms with Crippen molar-refractivity contribution in [3.05, 3.63) is 59.7 Å². The van der Waals surface area contributed by atoms with E-state index in [0.29, 0.717) is 24.2 Å². The maximum atomic E-state index is 9.70. The van der Waals surface area contributed by atoms with Crippen LogP contribution < -0.4 is 4.74 Å². The van der Waals surface area contributed by atoms with E-state index in [1.807, 2.05) is 26.0 Å². The highest BCUT2D eigenvalue weighted by atomic mass is 16.7. The van der Waals surface area contributed by atoms with Gasteiger partial charge in [0, 0.05) is 6.61 Å². The topological polar surface area (TPSA) is 38.7 Å². The zero-order chi connectivity index (χ0) is 23.2. The maximum absolute atomic E-state index is 9.70. The standard InChI is InChI=1S/C28H42O3/c1-9-26(23-11-15-24(29)16-12-23)28(7,8)27(5,6)19-20(3)22-13-17-25(18-14-22)31-21(4)30-10-2/h11-18,20-21,26,29H,9-10,19H2,1-8H3. The van der Waals surface area contributed by atoms with Gasteiger partial charge in [-0.3, -0.25) is 0 Å². The van der Waals surface area contributed by atoms with Crippen molar-refractivity contribution in [3.63, 3.8) is 0 Å². The van der Waals surface area contributed by atoms with Crippen molar-refractivity contribution in [2.75, 3.05) is 6.61 Å². The molecule has 0 radical (unpaired) electrons. The Morgan fingerprint density at radius 3 is 1.90 bits per heavy atom. The number of phenols is 1. The van der Waals surface area contributed by atoms with E-state index in [-0.39, 0.29) is 17.1 Å². The molecule has 0 amide bonds. The molecule has 3 heteroatoms. The number of aromatic hydroxyl groups is 1. The lowest BCUT2D eigenvalue weighted by Crippen LogP contribution is -2.38. The number of benzene rings is 2. The average molecular weight is 427 g/mol. The lowest BCUT2D eigenvalue weighted by molar-refractivity contribution is -0.0613. The van der Waals surface area contributed by atoms with Crippen molar-refractivity contribution in [1.29, 1.82) is 0 Å². The fourth-order valence-electron chi connectivity index (χ4n) is 4.82. The van der Waals surface area contributed by atoms with Crippen molar-refractivity contribution >= 4 is 0 Å². The number of phenolic OH excluding ortho intramolecular Hbond substituents is 1. The second-order valence-electron chi connectivity index (χ2n) is 9.97. The van der Waals surface area contributed by atoms with Crippen molar-refractivity contribution < 1.29 is 14.6 Å². The Hall–Kier alpha value is -2.00. The summed E-state index contributed by atoms with van der Waals surface area (Å²) in [4.78, 5) is 0. The Morgan fingerprint density at radius 2 is 1.39 bits per heavy atom. The third-order valence-electron chi connectivity index (χ3n) is 7.29. The minimum Gasteiger partial charge on any atom is -0.508 e. The molecule has 3 atom stereocenters. The van der Waals surface area contributed by atoms with E-state index in [2.05, 4.69) is 65.8 Å². The Labute approximate surface area is 189 Å².